The molecule has 0 radical (unpaired) electrons. The fourth-order valence-electron chi connectivity index (χ4n) is 2.77. The Balaban J connectivity index is 1.71. The second-order valence-electron chi connectivity index (χ2n) is 6.18. The third-order valence-electron chi connectivity index (χ3n) is 4.17. The van der Waals surface area contributed by atoms with Crippen LogP contribution < -0.4 is 5.32 Å². The maximum Gasteiger partial charge on any atom is 0.319 e. The number of benzene rings is 1. The Morgan fingerprint density at radius 2 is 1.93 bits per heavy atom. The van der Waals surface area contributed by atoms with Gasteiger partial charge in [0.1, 0.15) is 12.2 Å². The Morgan fingerprint density at radius 3 is 2.50 bits per heavy atom. The van der Waals surface area contributed by atoms with Crippen LogP contribution in [-0.4, -0.2) is 30.4 Å². The minimum atomic E-state index is -3.14. The van der Waals surface area contributed by atoms with E-state index in [0.29, 0.717) is 15.6 Å². The number of halogens is 4. The lowest BCUT2D eigenvalue weighted by molar-refractivity contribution is -0.386. The van der Waals surface area contributed by atoms with Gasteiger partial charge in [-0.15, -0.1) is 0 Å². The van der Waals surface area contributed by atoms with Crippen molar-refractivity contribution in [3.05, 3.63) is 67.6 Å². The molecule has 0 atom stereocenters. The van der Waals surface area contributed by atoms with Gasteiger partial charge in [0.25, 0.3) is 6.43 Å². The van der Waals surface area contributed by atoms with E-state index in [9.17, 15) is 23.7 Å². The first-order valence-corrected chi connectivity index (χ1v) is 9.19. The number of anilines is 1. The Hall–Kier alpha value is -3.05. The first-order chi connectivity index (χ1) is 14.2. The van der Waals surface area contributed by atoms with E-state index in [1.807, 2.05) is 0 Å². The van der Waals surface area contributed by atoms with Crippen molar-refractivity contribution in [2.45, 2.75) is 26.4 Å². The number of alkyl halides is 2. The highest BCUT2D eigenvalue weighted by molar-refractivity contribution is 6.35. The molecular formula is C17H14Cl2F2N6O3. The lowest BCUT2D eigenvalue weighted by atomic mass is 10.2. The summed E-state index contributed by atoms with van der Waals surface area (Å²) in [6.45, 7) is 1.01. The normalized spacial score (nSPS) is 11.1. The molecule has 3 aromatic rings. The van der Waals surface area contributed by atoms with Crippen LogP contribution in [-0.2, 0) is 17.9 Å². The van der Waals surface area contributed by atoms with Crippen LogP contribution in [0.5, 0.6) is 0 Å². The van der Waals surface area contributed by atoms with Gasteiger partial charge in [-0.2, -0.15) is 10.2 Å². The zero-order chi connectivity index (χ0) is 22.0. The zero-order valence-corrected chi connectivity index (χ0v) is 16.9. The van der Waals surface area contributed by atoms with E-state index in [1.165, 1.54) is 17.7 Å². The summed E-state index contributed by atoms with van der Waals surface area (Å²) < 4.78 is 28.3. The third-order valence-corrected chi connectivity index (χ3v) is 4.88. The minimum absolute atomic E-state index is 0.149. The van der Waals surface area contributed by atoms with Gasteiger partial charge in [-0.1, -0.05) is 29.3 Å². The summed E-state index contributed by atoms with van der Waals surface area (Å²) in [4.78, 5) is 22.3. The van der Waals surface area contributed by atoms with Crippen LogP contribution in [0.2, 0.25) is 10.0 Å². The standard InChI is InChI=1S/C17H14Cl2F2N6O3/c1-9-16(27(29)30)15(17(20)21)24-26(9)8-14(28)22-13-5-6-25(23-13)7-10-11(18)3-2-4-12(10)19/h2-6,17H,7-8H2,1H3,(H,22,23,28). The van der Waals surface area contributed by atoms with Gasteiger partial charge in [0.05, 0.1) is 11.5 Å². The van der Waals surface area contributed by atoms with Gasteiger partial charge in [0.2, 0.25) is 11.6 Å². The Bertz CT molecular complexity index is 1090. The van der Waals surface area contributed by atoms with Crippen molar-refractivity contribution in [1.82, 2.24) is 19.6 Å². The number of nitro groups is 1. The smallest absolute Gasteiger partial charge is 0.308 e. The molecule has 30 heavy (non-hydrogen) atoms. The molecule has 0 aliphatic heterocycles. The van der Waals surface area contributed by atoms with E-state index < -0.39 is 35.2 Å². The Labute approximate surface area is 178 Å². The average molecular weight is 459 g/mol. The molecule has 158 valence electrons. The number of carbonyl (C=O) groups is 1. The topological polar surface area (TPSA) is 108 Å². The Kier molecular flexibility index (Phi) is 6.32. The van der Waals surface area contributed by atoms with Crippen LogP contribution in [0.1, 0.15) is 23.4 Å². The van der Waals surface area contributed by atoms with Gasteiger partial charge >= 0.3 is 5.69 Å². The second kappa shape index (κ2) is 8.76. The van der Waals surface area contributed by atoms with E-state index in [1.54, 1.807) is 24.4 Å². The highest BCUT2D eigenvalue weighted by atomic mass is 35.5. The summed E-state index contributed by atoms with van der Waals surface area (Å²) in [5.74, 6) is -0.450. The molecule has 9 nitrogen and oxygen atoms in total. The molecule has 1 N–H and O–H groups in total. The van der Waals surface area contributed by atoms with Gasteiger partial charge in [-0.25, -0.2) is 8.78 Å². The Morgan fingerprint density at radius 1 is 1.27 bits per heavy atom. The summed E-state index contributed by atoms with van der Waals surface area (Å²) in [7, 11) is 0. The predicted octanol–water partition coefficient (Wildman–Crippen LogP) is 4.23. The molecule has 3 rings (SSSR count). The zero-order valence-electron chi connectivity index (χ0n) is 15.4. The van der Waals surface area contributed by atoms with Crippen molar-refractivity contribution >= 4 is 40.6 Å². The highest BCUT2D eigenvalue weighted by Gasteiger charge is 2.31. The molecule has 1 aromatic carbocycles. The molecule has 0 saturated heterocycles. The molecule has 0 spiro atoms. The monoisotopic (exact) mass is 458 g/mol. The molecule has 0 bridgehead atoms. The van der Waals surface area contributed by atoms with E-state index in [4.69, 9.17) is 23.2 Å². The number of hydrogen-bond acceptors (Lipinski definition) is 5. The number of amides is 1. The summed E-state index contributed by atoms with van der Waals surface area (Å²) >= 11 is 12.3. The van der Waals surface area contributed by atoms with Crippen LogP contribution in [0.3, 0.4) is 0 Å². The van der Waals surface area contributed by atoms with E-state index in [2.05, 4.69) is 15.5 Å². The lowest BCUT2D eigenvalue weighted by Gasteiger charge is -2.07. The van der Waals surface area contributed by atoms with E-state index in [0.717, 1.165) is 4.68 Å². The summed E-state index contributed by atoms with van der Waals surface area (Å²) in [5, 5.41) is 22.1. The minimum Gasteiger partial charge on any atom is -0.308 e. The number of nitrogens with one attached hydrogen (secondary N) is 1. The summed E-state index contributed by atoms with van der Waals surface area (Å²) in [6.07, 6.45) is -1.55. The van der Waals surface area contributed by atoms with Crippen LogP contribution >= 0.6 is 23.2 Å². The molecule has 0 aliphatic rings. The number of hydrogen-bond donors (Lipinski definition) is 1. The fraction of sp³-hybridized carbons (Fsp3) is 0.235. The average Bonchev–Trinajstić information content (AvgIpc) is 3.23. The molecule has 1 amide bonds. The van der Waals surface area contributed by atoms with Crippen molar-refractivity contribution in [2.24, 2.45) is 0 Å². The molecule has 2 aromatic heterocycles. The number of rotatable bonds is 7. The molecule has 0 fully saturated rings. The van der Waals surface area contributed by atoms with Gasteiger partial charge in [-0.05, 0) is 19.1 Å². The molecule has 0 saturated carbocycles. The van der Waals surface area contributed by atoms with Crippen LogP contribution in [0.4, 0.5) is 20.3 Å². The van der Waals surface area contributed by atoms with Crippen LogP contribution in [0.25, 0.3) is 0 Å². The van der Waals surface area contributed by atoms with Gasteiger partial charge in [0.15, 0.2) is 5.82 Å². The van der Waals surface area contributed by atoms with Gasteiger partial charge in [-0.3, -0.25) is 24.3 Å². The van der Waals surface area contributed by atoms with Crippen molar-refractivity contribution in [2.75, 3.05) is 5.32 Å². The quantitative estimate of drug-likeness (QED) is 0.420. The van der Waals surface area contributed by atoms with E-state index in [-0.39, 0.29) is 18.1 Å². The number of carbonyl (C=O) groups excluding carboxylic acids is 1. The molecular weight excluding hydrogens is 445 g/mol. The fourth-order valence-corrected chi connectivity index (χ4v) is 3.28. The first-order valence-electron chi connectivity index (χ1n) is 8.43. The van der Waals surface area contributed by atoms with Crippen molar-refractivity contribution in [1.29, 1.82) is 0 Å². The SMILES string of the molecule is Cc1c([N+](=O)[O-])c(C(F)F)nn1CC(=O)Nc1ccn(Cc2c(Cl)cccc2Cl)n1. The van der Waals surface area contributed by atoms with Crippen molar-refractivity contribution in [3.63, 3.8) is 0 Å². The summed E-state index contributed by atoms with van der Waals surface area (Å²) in [5.41, 5.74) is -1.28. The molecule has 2 heterocycles. The number of nitrogens with zero attached hydrogens (tertiary/aromatic N) is 5. The van der Waals surface area contributed by atoms with Crippen molar-refractivity contribution in [3.8, 4) is 0 Å². The summed E-state index contributed by atoms with van der Waals surface area (Å²) in [6, 6.07) is 6.61. The maximum atomic E-state index is 13.0. The molecule has 0 aliphatic carbocycles. The molecule has 13 heteroatoms. The maximum absolute atomic E-state index is 13.0. The largest absolute Gasteiger partial charge is 0.319 e. The van der Waals surface area contributed by atoms with Gasteiger partial charge in [0, 0.05) is 27.9 Å². The lowest BCUT2D eigenvalue weighted by Crippen LogP contribution is -2.21. The van der Waals surface area contributed by atoms with Crippen LogP contribution in [0, 0.1) is 17.0 Å². The highest BCUT2D eigenvalue weighted by Crippen LogP contribution is 2.30. The number of aromatic nitrogens is 4. The van der Waals surface area contributed by atoms with Gasteiger partial charge < -0.3 is 5.32 Å². The second-order valence-corrected chi connectivity index (χ2v) is 7.00. The predicted molar refractivity (Wildman–Crippen MR) is 105 cm³/mol. The van der Waals surface area contributed by atoms with Crippen LogP contribution in [0.15, 0.2) is 30.5 Å². The first kappa shape index (κ1) is 21.7. The third kappa shape index (κ3) is 4.57. The molecule has 0 unspecified atom stereocenters. The van der Waals surface area contributed by atoms with Crippen molar-refractivity contribution < 1.29 is 18.5 Å². The van der Waals surface area contributed by atoms with E-state index >= 15 is 0 Å².